The van der Waals surface area contributed by atoms with Crippen LogP contribution in [0, 0.1) is 0 Å². The van der Waals surface area contributed by atoms with E-state index in [0.29, 0.717) is 5.69 Å². The van der Waals surface area contributed by atoms with Gasteiger partial charge in [-0.1, -0.05) is 36.4 Å². The van der Waals surface area contributed by atoms with Crippen LogP contribution < -0.4 is 10.6 Å². The monoisotopic (exact) mass is 364 g/mol. The molecule has 1 atom stereocenters. The summed E-state index contributed by atoms with van der Waals surface area (Å²) in [5.74, 6) is 0. The number of nitrogens with zero attached hydrogens (tertiary/aromatic N) is 1. The number of benzene rings is 2. The number of fused-ring (bicyclic) bond motifs is 3. The lowest BCUT2D eigenvalue weighted by Gasteiger charge is -2.10. The number of aliphatic hydroxyl groups is 2. The fourth-order valence-electron chi connectivity index (χ4n) is 3.27. The Morgan fingerprint density at radius 2 is 1.96 bits per heavy atom. The van der Waals surface area contributed by atoms with Crippen LogP contribution in [0.1, 0.15) is 11.1 Å². The van der Waals surface area contributed by atoms with Gasteiger partial charge in [0.15, 0.2) is 0 Å². The largest absolute Gasteiger partial charge is 0.394 e. The van der Waals surface area contributed by atoms with E-state index in [9.17, 15) is 9.90 Å². The van der Waals surface area contributed by atoms with Gasteiger partial charge in [0.2, 0.25) is 0 Å². The zero-order valence-electron chi connectivity index (χ0n) is 14.6. The fourth-order valence-corrected chi connectivity index (χ4v) is 3.27. The molecule has 2 aromatic carbocycles. The molecule has 4 rings (SSSR count). The summed E-state index contributed by atoms with van der Waals surface area (Å²) >= 11 is 0. The van der Waals surface area contributed by atoms with Crippen molar-refractivity contribution < 1.29 is 15.0 Å². The molecule has 1 unspecified atom stereocenters. The third-order valence-electron chi connectivity index (χ3n) is 4.65. The molecule has 3 aromatic rings. The van der Waals surface area contributed by atoms with E-state index < -0.39 is 18.7 Å². The van der Waals surface area contributed by atoms with Gasteiger partial charge in [0, 0.05) is 35.3 Å². The first-order chi connectivity index (χ1) is 13.2. The molecule has 0 radical (unpaired) electrons. The molecule has 0 fully saturated rings. The lowest BCUT2D eigenvalue weighted by molar-refractivity contribution is 0.0965. The van der Waals surface area contributed by atoms with Crippen LogP contribution in [-0.4, -0.2) is 45.7 Å². The molecule has 27 heavy (non-hydrogen) atoms. The second-order valence-electron chi connectivity index (χ2n) is 6.51. The topological polar surface area (TPSA) is 110 Å². The Balaban J connectivity index is 1.46. The van der Waals surface area contributed by atoms with Gasteiger partial charge in [-0.3, -0.25) is 5.10 Å². The predicted octanol–water partition coefficient (Wildman–Crippen LogP) is 2.12. The van der Waals surface area contributed by atoms with Gasteiger partial charge in [-0.2, -0.15) is 5.10 Å². The number of nitrogens with one attached hydrogen (secondary N) is 3. The number of anilines is 1. The molecule has 2 amide bonds. The molecule has 138 valence electrons. The standard InChI is InChI=1S/C20H20N4O3/c25-11-15(26)10-21-20(27)22-14-7-5-12(6-8-14)18-17-9-13-3-1-2-4-16(13)19(17)24-23-18/h1-8,15,25-26H,9-11H2,(H,23,24)(H2,21,22,27). The van der Waals surface area contributed by atoms with E-state index in [1.54, 1.807) is 12.1 Å². The molecule has 7 heteroatoms. The van der Waals surface area contributed by atoms with Gasteiger partial charge >= 0.3 is 6.03 Å². The first-order valence-corrected chi connectivity index (χ1v) is 8.75. The third-order valence-corrected chi connectivity index (χ3v) is 4.65. The average Bonchev–Trinajstić information content (AvgIpc) is 3.26. The molecule has 1 aliphatic rings. The Morgan fingerprint density at radius 3 is 2.74 bits per heavy atom. The van der Waals surface area contributed by atoms with Crippen molar-refractivity contribution in [3.63, 3.8) is 0 Å². The molecule has 5 N–H and O–H groups in total. The lowest BCUT2D eigenvalue weighted by atomic mass is 10.1. The molecule has 0 saturated carbocycles. The highest BCUT2D eigenvalue weighted by Crippen LogP contribution is 2.39. The highest BCUT2D eigenvalue weighted by Gasteiger charge is 2.24. The van der Waals surface area contributed by atoms with Crippen molar-refractivity contribution in [1.82, 2.24) is 15.5 Å². The Labute approximate surface area is 156 Å². The Morgan fingerprint density at radius 1 is 1.19 bits per heavy atom. The summed E-state index contributed by atoms with van der Waals surface area (Å²) in [5, 5.41) is 30.8. The second kappa shape index (κ2) is 7.22. The quantitative estimate of drug-likeness (QED) is 0.374. The number of carbonyl (C=O) groups excluding carboxylic acids is 1. The number of urea groups is 1. The van der Waals surface area contributed by atoms with Crippen molar-refractivity contribution in [3.05, 3.63) is 59.7 Å². The number of rotatable bonds is 5. The molecule has 0 bridgehead atoms. The summed E-state index contributed by atoms with van der Waals surface area (Å²) in [7, 11) is 0. The van der Waals surface area contributed by atoms with Crippen LogP contribution in [0.15, 0.2) is 48.5 Å². The predicted molar refractivity (Wildman–Crippen MR) is 102 cm³/mol. The van der Waals surface area contributed by atoms with Crippen molar-refractivity contribution in [2.75, 3.05) is 18.5 Å². The smallest absolute Gasteiger partial charge is 0.319 e. The highest BCUT2D eigenvalue weighted by molar-refractivity contribution is 5.89. The lowest BCUT2D eigenvalue weighted by Crippen LogP contribution is -2.36. The number of hydrogen-bond acceptors (Lipinski definition) is 4. The van der Waals surface area contributed by atoms with Gasteiger partial charge < -0.3 is 20.8 Å². The second-order valence-corrected chi connectivity index (χ2v) is 6.51. The number of carbonyl (C=O) groups is 1. The molecule has 0 saturated heterocycles. The normalized spacial score (nSPS) is 13.0. The van der Waals surface area contributed by atoms with Crippen molar-refractivity contribution in [2.45, 2.75) is 12.5 Å². The van der Waals surface area contributed by atoms with E-state index in [2.05, 4.69) is 33.0 Å². The van der Waals surface area contributed by atoms with Crippen LogP contribution in [0.4, 0.5) is 10.5 Å². The van der Waals surface area contributed by atoms with Crippen LogP contribution in [0.5, 0.6) is 0 Å². The summed E-state index contributed by atoms with van der Waals surface area (Å²) in [6, 6.07) is 15.3. The van der Waals surface area contributed by atoms with E-state index in [4.69, 9.17) is 5.11 Å². The highest BCUT2D eigenvalue weighted by atomic mass is 16.3. The van der Waals surface area contributed by atoms with Crippen LogP contribution in [0.3, 0.4) is 0 Å². The van der Waals surface area contributed by atoms with Gasteiger partial charge in [-0.15, -0.1) is 0 Å². The Kier molecular flexibility index (Phi) is 4.62. The maximum Gasteiger partial charge on any atom is 0.319 e. The zero-order chi connectivity index (χ0) is 18.8. The number of aromatic nitrogens is 2. The van der Waals surface area contributed by atoms with Crippen LogP contribution >= 0.6 is 0 Å². The molecule has 1 aromatic heterocycles. The molecule has 1 heterocycles. The molecule has 0 aliphatic heterocycles. The first-order valence-electron chi connectivity index (χ1n) is 8.75. The summed E-state index contributed by atoms with van der Waals surface area (Å²) < 4.78 is 0. The van der Waals surface area contributed by atoms with Gasteiger partial charge in [-0.25, -0.2) is 4.79 Å². The van der Waals surface area contributed by atoms with E-state index >= 15 is 0 Å². The molecule has 0 spiro atoms. The number of aliphatic hydroxyl groups excluding tert-OH is 2. The van der Waals surface area contributed by atoms with Crippen molar-refractivity contribution in [2.24, 2.45) is 0 Å². The van der Waals surface area contributed by atoms with Crippen molar-refractivity contribution in [3.8, 4) is 22.5 Å². The average molecular weight is 364 g/mol. The van der Waals surface area contributed by atoms with Crippen LogP contribution in [-0.2, 0) is 6.42 Å². The zero-order valence-corrected chi connectivity index (χ0v) is 14.6. The number of amides is 2. The fraction of sp³-hybridized carbons (Fsp3) is 0.200. The summed E-state index contributed by atoms with van der Waals surface area (Å²) in [4.78, 5) is 11.8. The van der Waals surface area contributed by atoms with E-state index in [0.717, 1.165) is 23.4 Å². The third kappa shape index (κ3) is 3.42. The summed E-state index contributed by atoms with van der Waals surface area (Å²) in [6.45, 7) is -0.410. The van der Waals surface area contributed by atoms with Crippen LogP contribution in [0.25, 0.3) is 22.5 Å². The molecular weight excluding hydrogens is 344 g/mol. The van der Waals surface area contributed by atoms with Crippen LogP contribution in [0.2, 0.25) is 0 Å². The molecule has 7 nitrogen and oxygen atoms in total. The SMILES string of the molecule is O=C(NCC(O)CO)Nc1ccc(-c2n[nH]c3c2Cc2ccccc2-3)cc1. The van der Waals surface area contributed by atoms with Gasteiger partial charge in [0.05, 0.1) is 24.1 Å². The minimum Gasteiger partial charge on any atom is -0.394 e. The maximum absolute atomic E-state index is 11.8. The van der Waals surface area contributed by atoms with E-state index in [-0.39, 0.29) is 6.54 Å². The number of H-pyrrole nitrogens is 1. The van der Waals surface area contributed by atoms with Crippen molar-refractivity contribution >= 4 is 11.7 Å². The van der Waals surface area contributed by atoms with Gasteiger partial charge in [-0.05, 0) is 17.7 Å². The Hall–Kier alpha value is -3.16. The number of aromatic amines is 1. The van der Waals surface area contributed by atoms with E-state index in [1.807, 2.05) is 24.3 Å². The van der Waals surface area contributed by atoms with Gasteiger partial charge in [0.1, 0.15) is 0 Å². The maximum atomic E-state index is 11.8. The minimum atomic E-state index is -0.969. The molecular formula is C20H20N4O3. The summed E-state index contributed by atoms with van der Waals surface area (Å²) in [5.41, 5.74) is 7.28. The number of hydrogen-bond donors (Lipinski definition) is 5. The van der Waals surface area contributed by atoms with Crippen molar-refractivity contribution in [1.29, 1.82) is 0 Å². The minimum absolute atomic E-state index is 0.0135. The van der Waals surface area contributed by atoms with E-state index in [1.165, 1.54) is 16.7 Å². The van der Waals surface area contributed by atoms with Gasteiger partial charge in [0.25, 0.3) is 0 Å². The Bertz CT molecular complexity index is 966. The molecule has 1 aliphatic carbocycles. The first kappa shape index (κ1) is 17.3. The summed E-state index contributed by atoms with van der Waals surface area (Å²) in [6.07, 6.45) is -0.114.